The third-order valence-electron chi connectivity index (χ3n) is 3.89. The number of amides is 2. The van der Waals surface area contributed by atoms with Gasteiger partial charge in [0.2, 0.25) is 5.91 Å². The van der Waals surface area contributed by atoms with Crippen LogP contribution in [0.5, 0.6) is 0 Å². The third-order valence-corrected chi connectivity index (χ3v) is 3.89. The van der Waals surface area contributed by atoms with Gasteiger partial charge in [0.25, 0.3) is 5.91 Å². The highest BCUT2D eigenvalue weighted by molar-refractivity contribution is 6.06. The summed E-state index contributed by atoms with van der Waals surface area (Å²) in [6, 6.07) is 4.33. The highest BCUT2D eigenvalue weighted by Crippen LogP contribution is 2.21. The Hall–Kier alpha value is -2.37. The van der Waals surface area contributed by atoms with Gasteiger partial charge in [-0.15, -0.1) is 0 Å². The molecule has 2 amide bonds. The van der Waals surface area contributed by atoms with E-state index in [0.29, 0.717) is 37.3 Å². The number of hydrogen-bond donors (Lipinski definition) is 1. The molecule has 1 N–H and O–H groups in total. The molecule has 0 saturated carbocycles. The number of carbonyl (C=O) groups excluding carboxylic acids is 2. The van der Waals surface area contributed by atoms with Crippen molar-refractivity contribution >= 4 is 22.7 Å². The topological polar surface area (TPSA) is 56.4 Å². The first-order chi connectivity index (χ1) is 10.1. The zero-order chi connectivity index (χ0) is 15.0. The number of benzene rings is 1. The fraction of sp³-hybridized carbons (Fsp3) is 0.333. The second-order valence-electron chi connectivity index (χ2n) is 5.19. The highest BCUT2D eigenvalue weighted by atomic mass is 19.1. The van der Waals surface area contributed by atoms with Crippen LogP contribution >= 0.6 is 0 Å². The minimum atomic E-state index is -0.335. The van der Waals surface area contributed by atoms with Crippen molar-refractivity contribution in [1.29, 1.82) is 0 Å². The number of aromatic nitrogens is 1. The summed E-state index contributed by atoms with van der Waals surface area (Å²) in [5.74, 6) is -0.390. The fourth-order valence-electron chi connectivity index (χ4n) is 2.67. The number of rotatable bonds is 1. The quantitative estimate of drug-likeness (QED) is 0.867. The van der Waals surface area contributed by atoms with Gasteiger partial charge in [0.1, 0.15) is 5.82 Å². The second-order valence-corrected chi connectivity index (χ2v) is 5.19. The number of nitrogens with one attached hydrogen (secondary N) is 1. The van der Waals surface area contributed by atoms with Gasteiger partial charge in [0.15, 0.2) is 0 Å². The van der Waals surface area contributed by atoms with Gasteiger partial charge in [-0.25, -0.2) is 4.39 Å². The first-order valence-corrected chi connectivity index (χ1v) is 6.87. The lowest BCUT2D eigenvalue weighted by Crippen LogP contribution is -2.50. The maximum Gasteiger partial charge on any atom is 0.256 e. The molecule has 0 aliphatic carbocycles. The van der Waals surface area contributed by atoms with Crippen LogP contribution in [0.3, 0.4) is 0 Å². The van der Waals surface area contributed by atoms with Crippen LogP contribution in [0.15, 0.2) is 24.4 Å². The molecule has 0 unspecified atom stereocenters. The molecular weight excluding hydrogens is 273 g/mol. The Balaban J connectivity index is 1.80. The van der Waals surface area contributed by atoms with Gasteiger partial charge in [-0.2, -0.15) is 0 Å². The predicted molar refractivity (Wildman–Crippen MR) is 76.4 cm³/mol. The van der Waals surface area contributed by atoms with Crippen LogP contribution in [0.4, 0.5) is 4.39 Å². The van der Waals surface area contributed by atoms with Gasteiger partial charge in [-0.1, -0.05) is 0 Å². The Bertz CT molecular complexity index is 702. The number of carbonyl (C=O) groups is 2. The Labute approximate surface area is 121 Å². The van der Waals surface area contributed by atoms with Gasteiger partial charge < -0.3 is 14.8 Å². The molecule has 21 heavy (non-hydrogen) atoms. The maximum atomic E-state index is 13.2. The minimum absolute atomic E-state index is 0.0321. The molecule has 1 aromatic heterocycles. The molecule has 2 heterocycles. The number of halogens is 1. The van der Waals surface area contributed by atoms with E-state index in [1.165, 1.54) is 19.1 Å². The maximum absolute atomic E-state index is 13.2. The molecule has 0 spiro atoms. The molecule has 1 saturated heterocycles. The molecular formula is C15H16FN3O2. The van der Waals surface area contributed by atoms with Crippen LogP contribution in [-0.2, 0) is 4.79 Å². The van der Waals surface area contributed by atoms with Crippen molar-refractivity contribution < 1.29 is 14.0 Å². The van der Waals surface area contributed by atoms with Crippen molar-refractivity contribution in [3.8, 4) is 0 Å². The van der Waals surface area contributed by atoms with Gasteiger partial charge in [-0.3, -0.25) is 9.59 Å². The number of fused-ring (bicyclic) bond motifs is 1. The predicted octanol–water partition coefficient (Wildman–Crippen LogP) is 1.61. The van der Waals surface area contributed by atoms with Crippen LogP contribution < -0.4 is 0 Å². The summed E-state index contributed by atoms with van der Waals surface area (Å²) in [6.07, 6.45) is 1.61. The zero-order valence-electron chi connectivity index (χ0n) is 11.7. The Morgan fingerprint density at radius 2 is 1.81 bits per heavy atom. The summed E-state index contributed by atoms with van der Waals surface area (Å²) < 4.78 is 13.2. The number of H-pyrrole nitrogens is 1. The molecule has 2 aromatic rings. The van der Waals surface area contributed by atoms with Gasteiger partial charge >= 0.3 is 0 Å². The monoisotopic (exact) mass is 289 g/mol. The first kappa shape index (κ1) is 13.6. The van der Waals surface area contributed by atoms with E-state index in [4.69, 9.17) is 0 Å². The smallest absolute Gasteiger partial charge is 0.256 e. The van der Waals surface area contributed by atoms with Crippen molar-refractivity contribution in [3.05, 3.63) is 35.8 Å². The summed E-state index contributed by atoms with van der Waals surface area (Å²) in [5, 5.41) is 0.718. The summed E-state index contributed by atoms with van der Waals surface area (Å²) >= 11 is 0. The van der Waals surface area contributed by atoms with Crippen molar-refractivity contribution in [2.45, 2.75) is 6.92 Å². The summed E-state index contributed by atoms with van der Waals surface area (Å²) in [4.78, 5) is 30.2. The molecule has 1 fully saturated rings. The van der Waals surface area contributed by atoms with Gasteiger partial charge in [0, 0.05) is 50.2 Å². The minimum Gasteiger partial charge on any atom is -0.360 e. The van der Waals surface area contributed by atoms with E-state index in [2.05, 4.69) is 4.98 Å². The number of hydrogen-bond acceptors (Lipinski definition) is 2. The Morgan fingerprint density at radius 1 is 1.14 bits per heavy atom. The van der Waals surface area contributed by atoms with E-state index in [0.717, 1.165) is 5.39 Å². The molecule has 1 aliphatic heterocycles. The number of nitrogens with zero attached hydrogens (tertiary/aromatic N) is 2. The van der Waals surface area contributed by atoms with Crippen LogP contribution in [0.1, 0.15) is 17.3 Å². The lowest BCUT2D eigenvalue weighted by atomic mass is 10.1. The molecule has 110 valence electrons. The molecule has 6 heteroatoms. The zero-order valence-corrected chi connectivity index (χ0v) is 11.7. The van der Waals surface area contributed by atoms with E-state index in [-0.39, 0.29) is 17.6 Å². The van der Waals surface area contributed by atoms with Crippen molar-refractivity contribution in [2.75, 3.05) is 26.2 Å². The normalized spacial score (nSPS) is 15.5. The molecule has 0 atom stereocenters. The SMILES string of the molecule is CC(=O)N1CCN(C(=O)c2c[nH]c3cc(F)ccc23)CC1. The molecule has 3 rings (SSSR count). The first-order valence-electron chi connectivity index (χ1n) is 6.87. The van der Waals surface area contributed by atoms with Gasteiger partial charge in [-0.05, 0) is 18.2 Å². The third kappa shape index (κ3) is 2.49. The second kappa shape index (κ2) is 5.20. The van der Waals surface area contributed by atoms with Crippen molar-refractivity contribution in [2.24, 2.45) is 0 Å². The van der Waals surface area contributed by atoms with E-state index < -0.39 is 0 Å². The van der Waals surface area contributed by atoms with Crippen molar-refractivity contribution in [3.63, 3.8) is 0 Å². The Kier molecular flexibility index (Phi) is 3.37. The van der Waals surface area contributed by atoms with Gasteiger partial charge in [0.05, 0.1) is 5.56 Å². The standard InChI is InChI=1S/C15H16FN3O2/c1-10(20)18-4-6-19(7-5-18)15(21)13-9-17-14-8-11(16)2-3-12(13)14/h2-3,8-9,17H,4-7H2,1H3. The van der Waals surface area contributed by atoms with E-state index in [1.807, 2.05) is 0 Å². The molecule has 1 aliphatic rings. The molecule has 1 aromatic carbocycles. The molecule has 0 radical (unpaired) electrons. The van der Waals surface area contributed by atoms with Crippen LogP contribution in [-0.4, -0.2) is 52.8 Å². The fourth-order valence-corrected chi connectivity index (χ4v) is 2.67. The van der Waals surface area contributed by atoms with E-state index >= 15 is 0 Å². The Morgan fingerprint density at radius 3 is 2.48 bits per heavy atom. The molecule has 5 nitrogen and oxygen atoms in total. The highest BCUT2D eigenvalue weighted by Gasteiger charge is 2.24. The largest absolute Gasteiger partial charge is 0.360 e. The van der Waals surface area contributed by atoms with Crippen molar-refractivity contribution in [1.82, 2.24) is 14.8 Å². The summed E-state index contributed by atoms with van der Waals surface area (Å²) in [7, 11) is 0. The van der Waals surface area contributed by atoms with Crippen LogP contribution in [0.2, 0.25) is 0 Å². The average Bonchev–Trinajstić information content (AvgIpc) is 2.89. The van der Waals surface area contributed by atoms with Crippen LogP contribution in [0.25, 0.3) is 10.9 Å². The average molecular weight is 289 g/mol. The summed E-state index contributed by atoms with van der Waals surface area (Å²) in [5.41, 5.74) is 1.15. The lowest BCUT2D eigenvalue weighted by Gasteiger charge is -2.34. The summed E-state index contributed by atoms with van der Waals surface area (Å²) in [6.45, 7) is 3.68. The van der Waals surface area contributed by atoms with E-state index in [1.54, 1.807) is 22.1 Å². The molecule has 0 bridgehead atoms. The number of piperazine rings is 1. The number of aromatic amines is 1. The van der Waals surface area contributed by atoms with E-state index in [9.17, 15) is 14.0 Å². The lowest BCUT2D eigenvalue weighted by molar-refractivity contribution is -0.130. The van der Waals surface area contributed by atoms with Crippen LogP contribution in [0, 0.1) is 5.82 Å².